The third kappa shape index (κ3) is 4.18. The van der Waals surface area contributed by atoms with E-state index in [9.17, 15) is 4.79 Å². The van der Waals surface area contributed by atoms with Crippen LogP contribution in [0.1, 0.15) is 26.2 Å². The maximum absolute atomic E-state index is 10.4. The number of rotatable bonds is 4. The number of nitrogens with zero attached hydrogens (tertiary/aromatic N) is 1. The Hall–Kier alpha value is -0.730. The molecule has 3 heteroatoms. The first-order valence-corrected chi connectivity index (χ1v) is 3.69. The minimum atomic E-state index is -0.337. The normalized spacial score (nSPS) is 9.40. The second-order valence-electron chi connectivity index (χ2n) is 2.47. The van der Waals surface area contributed by atoms with Gasteiger partial charge in [0.15, 0.2) is 0 Å². The number of hydrogen-bond acceptors (Lipinski definition) is 1. The van der Waals surface area contributed by atoms with Crippen LogP contribution in [0.15, 0.2) is 0 Å². The average Bonchev–Trinajstić information content (AvgIpc) is 1.88. The molecule has 3 nitrogen and oxygen atoms in total. The predicted molar refractivity (Wildman–Crippen MR) is 41.7 cm³/mol. The summed E-state index contributed by atoms with van der Waals surface area (Å²) >= 11 is 0. The maximum Gasteiger partial charge on any atom is 0.314 e. The number of primary amides is 1. The molecule has 0 atom stereocenters. The molecule has 0 heterocycles. The Bertz CT molecular complexity index is 104. The van der Waals surface area contributed by atoms with Crippen LogP contribution in [-0.2, 0) is 0 Å². The molecule has 10 heavy (non-hydrogen) atoms. The van der Waals surface area contributed by atoms with Crippen molar-refractivity contribution in [3.8, 4) is 0 Å². The van der Waals surface area contributed by atoms with Crippen molar-refractivity contribution in [2.45, 2.75) is 26.2 Å². The first-order valence-electron chi connectivity index (χ1n) is 3.69. The lowest BCUT2D eigenvalue weighted by Gasteiger charge is -2.12. The van der Waals surface area contributed by atoms with Crippen LogP contribution in [-0.4, -0.2) is 24.5 Å². The van der Waals surface area contributed by atoms with E-state index in [2.05, 4.69) is 6.92 Å². The molecule has 0 aromatic heterocycles. The van der Waals surface area contributed by atoms with Gasteiger partial charge in [-0.1, -0.05) is 19.8 Å². The molecule has 2 amide bonds. The van der Waals surface area contributed by atoms with Gasteiger partial charge in [0.25, 0.3) is 0 Å². The zero-order chi connectivity index (χ0) is 7.98. The number of nitrogens with two attached hydrogens (primary N) is 1. The van der Waals surface area contributed by atoms with Crippen LogP contribution in [0.5, 0.6) is 0 Å². The summed E-state index contributed by atoms with van der Waals surface area (Å²) in [6.45, 7) is 2.91. The minimum Gasteiger partial charge on any atom is -0.351 e. The first-order chi connectivity index (χ1) is 4.68. The summed E-state index contributed by atoms with van der Waals surface area (Å²) in [6, 6.07) is -0.337. The monoisotopic (exact) mass is 144 g/mol. The van der Waals surface area contributed by atoms with Gasteiger partial charge in [-0.2, -0.15) is 0 Å². The molecule has 60 valence electrons. The summed E-state index contributed by atoms with van der Waals surface area (Å²) in [5, 5.41) is 0. The second kappa shape index (κ2) is 5.09. The molecular weight excluding hydrogens is 128 g/mol. The standard InChI is InChI=1S/C7H16N2O/c1-3-4-5-6-9(2)7(8)10/h3-6H2,1-2H3,(H2,8,10). The van der Waals surface area contributed by atoms with Crippen molar-refractivity contribution in [2.75, 3.05) is 13.6 Å². The molecule has 0 saturated carbocycles. The van der Waals surface area contributed by atoms with Gasteiger partial charge in [-0.3, -0.25) is 0 Å². The highest BCUT2D eigenvalue weighted by atomic mass is 16.2. The SMILES string of the molecule is CCCCCN(C)C(N)=O. The largest absolute Gasteiger partial charge is 0.351 e. The van der Waals surface area contributed by atoms with Gasteiger partial charge in [0.05, 0.1) is 0 Å². The number of unbranched alkanes of at least 4 members (excludes halogenated alkanes) is 2. The summed E-state index contributed by atoms with van der Waals surface area (Å²) in [4.78, 5) is 12.0. The number of hydrogen-bond donors (Lipinski definition) is 1. The van der Waals surface area contributed by atoms with E-state index in [0.717, 1.165) is 19.4 Å². The molecule has 0 aromatic rings. The molecule has 0 aliphatic heterocycles. The van der Waals surface area contributed by atoms with Crippen molar-refractivity contribution < 1.29 is 4.79 Å². The van der Waals surface area contributed by atoms with E-state index < -0.39 is 0 Å². The van der Waals surface area contributed by atoms with Gasteiger partial charge in [-0.05, 0) is 6.42 Å². The van der Waals surface area contributed by atoms with Crippen molar-refractivity contribution in [1.82, 2.24) is 4.90 Å². The van der Waals surface area contributed by atoms with Crippen molar-refractivity contribution in [3.05, 3.63) is 0 Å². The fourth-order valence-corrected chi connectivity index (χ4v) is 0.709. The molecule has 0 aliphatic carbocycles. The maximum atomic E-state index is 10.4. The third-order valence-corrected chi connectivity index (χ3v) is 1.47. The molecule has 0 spiro atoms. The van der Waals surface area contributed by atoms with Crippen LogP contribution in [0.25, 0.3) is 0 Å². The van der Waals surface area contributed by atoms with Crippen LogP contribution in [0.4, 0.5) is 4.79 Å². The number of carbonyl (C=O) groups excluding carboxylic acids is 1. The van der Waals surface area contributed by atoms with Crippen molar-refractivity contribution in [2.24, 2.45) is 5.73 Å². The first kappa shape index (κ1) is 9.27. The van der Waals surface area contributed by atoms with Crippen molar-refractivity contribution in [3.63, 3.8) is 0 Å². The summed E-state index contributed by atoms with van der Waals surface area (Å²) in [7, 11) is 1.72. The van der Waals surface area contributed by atoms with E-state index in [1.54, 1.807) is 7.05 Å². The van der Waals surface area contributed by atoms with E-state index >= 15 is 0 Å². The van der Waals surface area contributed by atoms with Gasteiger partial charge < -0.3 is 10.6 Å². The third-order valence-electron chi connectivity index (χ3n) is 1.47. The minimum absolute atomic E-state index is 0.337. The summed E-state index contributed by atoms with van der Waals surface area (Å²) < 4.78 is 0. The average molecular weight is 144 g/mol. The Kier molecular flexibility index (Phi) is 4.72. The highest BCUT2D eigenvalue weighted by Crippen LogP contribution is 1.95. The Labute approximate surface area is 62.2 Å². The van der Waals surface area contributed by atoms with Gasteiger partial charge in [-0.25, -0.2) is 4.79 Å². The van der Waals surface area contributed by atoms with Gasteiger partial charge in [-0.15, -0.1) is 0 Å². The van der Waals surface area contributed by atoms with Crippen LogP contribution in [0.3, 0.4) is 0 Å². The summed E-state index contributed by atoms with van der Waals surface area (Å²) in [5.74, 6) is 0. The Morgan fingerprint density at radius 1 is 1.50 bits per heavy atom. The molecule has 0 rings (SSSR count). The fraction of sp³-hybridized carbons (Fsp3) is 0.857. The van der Waals surface area contributed by atoms with E-state index in [4.69, 9.17) is 5.73 Å². The van der Waals surface area contributed by atoms with Crippen molar-refractivity contribution in [1.29, 1.82) is 0 Å². The highest BCUT2D eigenvalue weighted by Gasteiger charge is 1.99. The molecular formula is C7H16N2O. The lowest BCUT2D eigenvalue weighted by molar-refractivity contribution is 0.217. The van der Waals surface area contributed by atoms with E-state index in [0.29, 0.717) is 0 Å². The molecule has 0 fully saturated rings. The van der Waals surface area contributed by atoms with Gasteiger partial charge in [0.2, 0.25) is 0 Å². The number of amides is 2. The Morgan fingerprint density at radius 2 is 2.10 bits per heavy atom. The van der Waals surface area contributed by atoms with E-state index in [1.807, 2.05) is 0 Å². The second-order valence-corrected chi connectivity index (χ2v) is 2.47. The molecule has 0 aliphatic rings. The van der Waals surface area contributed by atoms with E-state index in [1.165, 1.54) is 11.3 Å². The van der Waals surface area contributed by atoms with Gasteiger partial charge in [0, 0.05) is 13.6 Å². The summed E-state index contributed by atoms with van der Waals surface area (Å²) in [5.41, 5.74) is 5.01. The molecule has 0 bridgehead atoms. The quantitative estimate of drug-likeness (QED) is 0.592. The lowest BCUT2D eigenvalue weighted by Crippen LogP contribution is -2.32. The Balaban J connectivity index is 3.21. The van der Waals surface area contributed by atoms with E-state index in [-0.39, 0.29) is 6.03 Å². The zero-order valence-electron chi connectivity index (χ0n) is 6.76. The molecule has 0 radical (unpaired) electrons. The van der Waals surface area contributed by atoms with Gasteiger partial charge >= 0.3 is 6.03 Å². The number of carbonyl (C=O) groups is 1. The van der Waals surface area contributed by atoms with Crippen LogP contribution < -0.4 is 5.73 Å². The smallest absolute Gasteiger partial charge is 0.314 e. The Morgan fingerprint density at radius 3 is 2.50 bits per heavy atom. The van der Waals surface area contributed by atoms with Crippen LogP contribution >= 0.6 is 0 Å². The topological polar surface area (TPSA) is 46.3 Å². The van der Waals surface area contributed by atoms with Crippen molar-refractivity contribution >= 4 is 6.03 Å². The predicted octanol–water partition coefficient (Wildman–Crippen LogP) is 1.19. The zero-order valence-corrected chi connectivity index (χ0v) is 6.76. The number of urea groups is 1. The van der Waals surface area contributed by atoms with Crippen LogP contribution in [0.2, 0.25) is 0 Å². The molecule has 0 aromatic carbocycles. The fourth-order valence-electron chi connectivity index (χ4n) is 0.709. The molecule has 0 unspecified atom stereocenters. The summed E-state index contributed by atoms with van der Waals surface area (Å²) in [6.07, 6.45) is 3.39. The van der Waals surface area contributed by atoms with Gasteiger partial charge in [0.1, 0.15) is 0 Å². The lowest BCUT2D eigenvalue weighted by atomic mass is 10.2. The molecule has 0 saturated heterocycles. The highest BCUT2D eigenvalue weighted by molar-refractivity contribution is 5.71. The molecule has 2 N–H and O–H groups in total. The van der Waals surface area contributed by atoms with Crippen LogP contribution in [0, 0.1) is 0 Å².